The molecule has 0 unspecified atom stereocenters. The van der Waals surface area contributed by atoms with Crippen molar-refractivity contribution in [2.75, 3.05) is 19.7 Å². The highest BCUT2D eigenvalue weighted by Gasteiger charge is 2.23. The van der Waals surface area contributed by atoms with Crippen LogP contribution in [0, 0.1) is 6.92 Å². The summed E-state index contributed by atoms with van der Waals surface area (Å²) in [6.07, 6.45) is 1.72. The number of rotatable bonds is 4. The highest BCUT2D eigenvalue weighted by molar-refractivity contribution is 5.67. The van der Waals surface area contributed by atoms with Crippen molar-refractivity contribution in [3.05, 3.63) is 23.7 Å². The molecule has 1 saturated heterocycles. The first-order valence-electron chi connectivity index (χ1n) is 6.89. The minimum absolute atomic E-state index is 0.192. The van der Waals surface area contributed by atoms with Crippen molar-refractivity contribution in [3.63, 3.8) is 0 Å². The van der Waals surface area contributed by atoms with Gasteiger partial charge in [0.25, 0.3) is 0 Å². The predicted molar refractivity (Wildman–Crippen MR) is 71.9 cm³/mol. The summed E-state index contributed by atoms with van der Waals surface area (Å²) in [5.41, 5.74) is 0. The number of piperidine rings is 1. The van der Waals surface area contributed by atoms with Crippen molar-refractivity contribution < 1.29 is 13.9 Å². The first kappa shape index (κ1) is 13.9. The largest absolute Gasteiger partial charge is 0.465 e. The molecule has 1 aliphatic heterocycles. The van der Waals surface area contributed by atoms with Crippen molar-refractivity contribution in [3.8, 4) is 0 Å². The fraction of sp³-hybridized carbons (Fsp3) is 0.643. The first-order chi connectivity index (χ1) is 9.19. The molecule has 0 aromatic carbocycles. The van der Waals surface area contributed by atoms with Gasteiger partial charge < -0.3 is 19.4 Å². The Morgan fingerprint density at radius 1 is 1.47 bits per heavy atom. The van der Waals surface area contributed by atoms with E-state index in [9.17, 15) is 4.79 Å². The monoisotopic (exact) mass is 266 g/mol. The van der Waals surface area contributed by atoms with Crippen LogP contribution in [0.2, 0.25) is 0 Å². The predicted octanol–water partition coefficient (Wildman–Crippen LogP) is 2.30. The van der Waals surface area contributed by atoms with Crippen molar-refractivity contribution in [2.24, 2.45) is 0 Å². The molecule has 0 atom stereocenters. The number of ether oxygens (including phenoxy) is 1. The number of hydrogen-bond acceptors (Lipinski definition) is 4. The maximum atomic E-state index is 11.6. The number of amides is 1. The van der Waals surface area contributed by atoms with E-state index in [1.54, 1.807) is 4.90 Å². The van der Waals surface area contributed by atoms with E-state index in [0.29, 0.717) is 12.6 Å². The molecule has 1 amide bonds. The van der Waals surface area contributed by atoms with Crippen LogP contribution in [-0.2, 0) is 11.3 Å². The van der Waals surface area contributed by atoms with Gasteiger partial charge in [-0.1, -0.05) is 0 Å². The van der Waals surface area contributed by atoms with Gasteiger partial charge in [0.05, 0.1) is 13.2 Å². The van der Waals surface area contributed by atoms with Crippen LogP contribution in [0.5, 0.6) is 0 Å². The molecule has 1 aromatic rings. The van der Waals surface area contributed by atoms with Crippen molar-refractivity contribution in [1.29, 1.82) is 0 Å². The Balaban J connectivity index is 1.70. The third kappa shape index (κ3) is 3.99. The SMILES string of the molecule is CCOC(=O)N1CCC(NCc2ccc(C)o2)CC1. The lowest BCUT2D eigenvalue weighted by Crippen LogP contribution is -2.44. The van der Waals surface area contributed by atoms with Gasteiger partial charge in [-0.05, 0) is 38.8 Å². The highest BCUT2D eigenvalue weighted by atomic mass is 16.6. The molecule has 0 bridgehead atoms. The molecule has 0 saturated carbocycles. The van der Waals surface area contributed by atoms with Crippen LogP contribution in [0.25, 0.3) is 0 Å². The van der Waals surface area contributed by atoms with Crippen molar-refractivity contribution in [2.45, 2.75) is 39.3 Å². The number of carbonyl (C=O) groups excluding carboxylic acids is 1. The number of aryl methyl sites for hydroxylation is 1. The zero-order chi connectivity index (χ0) is 13.7. The van der Waals surface area contributed by atoms with E-state index in [1.165, 1.54) is 0 Å². The molecule has 0 spiro atoms. The zero-order valence-electron chi connectivity index (χ0n) is 11.6. The maximum absolute atomic E-state index is 11.6. The third-order valence-corrected chi connectivity index (χ3v) is 3.38. The summed E-state index contributed by atoms with van der Waals surface area (Å²) in [5.74, 6) is 1.90. The van der Waals surface area contributed by atoms with E-state index in [4.69, 9.17) is 9.15 Å². The minimum atomic E-state index is -0.192. The molecule has 2 rings (SSSR count). The molecule has 1 aliphatic rings. The molecule has 0 radical (unpaired) electrons. The number of furan rings is 1. The Morgan fingerprint density at radius 3 is 2.79 bits per heavy atom. The average molecular weight is 266 g/mol. The molecule has 1 fully saturated rings. The van der Waals surface area contributed by atoms with Gasteiger partial charge in [0.2, 0.25) is 0 Å². The molecule has 19 heavy (non-hydrogen) atoms. The summed E-state index contributed by atoms with van der Waals surface area (Å²) in [7, 11) is 0. The minimum Gasteiger partial charge on any atom is -0.465 e. The van der Waals surface area contributed by atoms with E-state index < -0.39 is 0 Å². The highest BCUT2D eigenvalue weighted by Crippen LogP contribution is 2.13. The van der Waals surface area contributed by atoms with Crippen molar-refractivity contribution in [1.82, 2.24) is 10.2 Å². The second kappa shape index (κ2) is 6.61. The quantitative estimate of drug-likeness (QED) is 0.908. The topological polar surface area (TPSA) is 54.7 Å². The summed E-state index contributed by atoms with van der Waals surface area (Å²) in [6, 6.07) is 4.41. The van der Waals surface area contributed by atoms with Gasteiger partial charge in [-0.3, -0.25) is 0 Å². The fourth-order valence-corrected chi connectivity index (χ4v) is 2.31. The molecule has 106 valence electrons. The lowest BCUT2D eigenvalue weighted by molar-refractivity contribution is 0.0948. The van der Waals surface area contributed by atoms with Crippen LogP contribution in [-0.4, -0.2) is 36.7 Å². The second-order valence-corrected chi connectivity index (χ2v) is 4.85. The zero-order valence-corrected chi connectivity index (χ0v) is 11.6. The molecular formula is C14H22N2O3. The number of nitrogens with zero attached hydrogens (tertiary/aromatic N) is 1. The second-order valence-electron chi connectivity index (χ2n) is 4.85. The van der Waals surface area contributed by atoms with Gasteiger partial charge in [0, 0.05) is 19.1 Å². The Labute approximate surface area is 113 Å². The number of likely N-dealkylation sites (tertiary alicyclic amines) is 1. The smallest absolute Gasteiger partial charge is 0.409 e. The molecule has 5 heteroatoms. The van der Waals surface area contributed by atoms with Crippen LogP contribution >= 0.6 is 0 Å². The summed E-state index contributed by atoms with van der Waals surface area (Å²) in [6.45, 7) is 6.48. The maximum Gasteiger partial charge on any atom is 0.409 e. The summed E-state index contributed by atoms with van der Waals surface area (Å²) in [5, 5.41) is 3.47. The van der Waals surface area contributed by atoms with E-state index >= 15 is 0 Å². The lowest BCUT2D eigenvalue weighted by Gasteiger charge is -2.31. The summed E-state index contributed by atoms with van der Waals surface area (Å²) < 4.78 is 10.5. The Bertz CT molecular complexity index is 409. The molecule has 0 aliphatic carbocycles. The van der Waals surface area contributed by atoms with Gasteiger partial charge in [-0.25, -0.2) is 4.79 Å². The van der Waals surface area contributed by atoms with E-state index in [-0.39, 0.29) is 6.09 Å². The van der Waals surface area contributed by atoms with Gasteiger partial charge in [0.1, 0.15) is 11.5 Å². The van der Waals surface area contributed by atoms with Gasteiger partial charge in [-0.15, -0.1) is 0 Å². The molecule has 5 nitrogen and oxygen atoms in total. The first-order valence-corrected chi connectivity index (χ1v) is 6.89. The van der Waals surface area contributed by atoms with Crippen LogP contribution < -0.4 is 5.32 Å². The van der Waals surface area contributed by atoms with Crippen LogP contribution in [0.15, 0.2) is 16.5 Å². The van der Waals surface area contributed by atoms with E-state index in [2.05, 4.69) is 5.32 Å². The Kier molecular flexibility index (Phi) is 4.85. The van der Waals surface area contributed by atoms with Crippen LogP contribution in [0.1, 0.15) is 31.3 Å². The number of nitrogens with one attached hydrogen (secondary N) is 1. The summed E-state index contributed by atoms with van der Waals surface area (Å²) >= 11 is 0. The number of carbonyl (C=O) groups is 1. The Hall–Kier alpha value is -1.49. The lowest BCUT2D eigenvalue weighted by atomic mass is 10.1. The summed E-state index contributed by atoms with van der Waals surface area (Å²) in [4.78, 5) is 13.3. The molecule has 1 aromatic heterocycles. The normalized spacial score (nSPS) is 16.6. The van der Waals surface area contributed by atoms with E-state index in [0.717, 1.165) is 44.0 Å². The molecule has 1 N–H and O–H groups in total. The van der Waals surface area contributed by atoms with Crippen LogP contribution in [0.4, 0.5) is 4.79 Å². The van der Waals surface area contributed by atoms with E-state index in [1.807, 2.05) is 26.0 Å². The Morgan fingerprint density at radius 2 is 2.21 bits per heavy atom. The van der Waals surface area contributed by atoms with Gasteiger partial charge in [-0.2, -0.15) is 0 Å². The third-order valence-electron chi connectivity index (χ3n) is 3.38. The standard InChI is InChI=1S/C14H22N2O3/c1-3-18-14(17)16-8-6-12(7-9-16)15-10-13-5-4-11(2)19-13/h4-5,12,15H,3,6-10H2,1-2H3. The fourth-order valence-electron chi connectivity index (χ4n) is 2.31. The molecular weight excluding hydrogens is 244 g/mol. The van der Waals surface area contributed by atoms with Gasteiger partial charge >= 0.3 is 6.09 Å². The average Bonchev–Trinajstić information content (AvgIpc) is 2.83. The van der Waals surface area contributed by atoms with Crippen molar-refractivity contribution >= 4 is 6.09 Å². The van der Waals surface area contributed by atoms with Crippen LogP contribution in [0.3, 0.4) is 0 Å². The molecule has 2 heterocycles. The number of hydrogen-bond donors (Lipinski definition) is 1. The van der Waals surface area contributed by atoms with Gasteiger partial charge in [0.15, 0.2) is 0 Å².